The van der Waals surface area contributed by atoms with Gasteiger partial charge in [-0.05, 0) is 68.2 Å². The van der Waals surface area contributed by atoms with Gasteiger partial charge in [0, 0.05) is 0 Å². The van der Waals surface area contributed by atoms with Gasteiger partial charge in [-0.25, -0.2) is 4.39 Å². The molecular weight excluding hydrogens is 333 g/mol. The van der Waals surface area contributed by atoms with Gasteiger partial charge < -0.3 is 9.84 Å². The second-order valence-corrected chi connectivity index (χ2v) is 6.61. The van der Waals surface area contributed by atoms with Gasteiger partial charge in [0.2, 0.25) is 0 Å². The van der Waals surface area contributed by atoms with E-state index in [2.05, 4.69) is 4.90 Å². The van der Waals surface area contributed by atoms with Gasteiger partial charge in [-0.3, -0.25) is 9.69 Å². The summed E-state index contributed by atoms with van der Waals surface area (Å²) < 4.78 is 19.3. The van der Waals surface area contributed by atoms with E-state index in [9.17, 15) is 14.3 Å². The molecule has 26 heavy (non-hydrogen) atoms. The van der Waals surface area contributed by atoms with Crippen molar-refractivity contribution in [3.8, 4) is 5.75 Å². The third-order valence-corrected chi connectivity index (χ3v) is 4.92. The molecule has 0 amide bonds. The lowest BCUT2D eigenvalue weighted by molar-refractivity contribution is -0.143. The Balaban J connectivity index is 1.88. The molecule has 0 spiro atoms. The van der Waals surface area contributed by atoms with Gasteiger partial charge in [-0.15, -0.1) is 0 Å². The minimum Gasteiger partial charge on any atom is -0.494 e. The van der Waals surface area contributed by atoms with E-state index in [0.29, 0.717) is 32.5 Å². The fourth-order valence-electron chi connectivity index (χ4n) is 3.61. The first kappa shape index (κ1) is 18.4. The highest BCUT2D eigenvalue weighted by atomic mass is 19.1. The Morgan fingerprint density at radius 2 is 1.88 bits per heavy atom. The Kier molecular flexibility index (Phi) is 5.89. The summed E-state index contributed by atoms with van der Waals surface area (Å²) in [5.41, 5.74) is 1.93. The summed E-state index contributed by atoms with van der Waals surface area (Å²) in [4.78, 5) is 13.5. The molecule has 0 radical (unpaired) electrons. The Morgan fingerprint density at radius 3 is 2.46 bits per heavy atom. The topological polar surface area (TPSA) is 49.8 Å². The number of carboxylic acids is 1. The van der Waals surface area contributed by atoms with Crippen molar-refractivity contribution in [2.45, 2.75) is 25.8 Å². The van der Waals surface area contributed by atoms with Gasteiger partial charge in [0.1, 0.15) is 11.6 Å². The lowest BCUT2D eigenvalue weighted by atomic mass is 9.91. The van der Waals surface area contributed by atoms with Crippen LogP contribution in [0, 0.1) is 11.7 Å². The number of likely N-dealkylation sites (tertiary alicyclic amines) is 1. The quantitative estimate of drug-likeness (QED) is 0.845. The highest BCUT2D eigenvalue weighted by Crippen LogP contribution is 2.33. The van der Waals surface area contributed by atoms with E-state index >= 15 is 0 Å². The first-order valence-electron chi connectivity index (χ1n) is 9.03. The number of carbonyl (C=O) groups is 1. The summed E-state index contributed by atoms with van der Waals surface area (Å²) in [6.07, 6.45) is 1.22. The largest absolute Gasteiger partial charge is 0.494 e. The Hall–Kier alpha value is -2.40. The summed E-state index contributed by atoms with van der Waals surface area (Å²) in [6, 6.07) is 14.4. The molecule has 3 rings (SSSR count). The number of ether oxygens (including phenoxy) is 1. The lowest BCUT2D eigenvalue weighted by Crippen LogP contribution is -2.39. The molecule has 1 saturated heterocycles. The maximum atomic E-state index is 13.8. The van der Waals surface area contributed by atoms with Crippen LogP contribution in [0.2, 0.25) is 0 Å². The number of aliphatic carboxylic acids is 1. The van der Waals surface area contributed by atoms with Crippen molar-refractivity contribution < 1.29 is 19.0 Å². The molecule has 1 atom stereocenters. The molecular formula is C21H24FNO3. The summed E-state index contributed by atoms with van der Waals surface area (Å²) in [5.74, 6) is -0.481. The molecule has 4 nitrogen and oxygen atoms in total. The van der Waals surface area contributed by atoms with Crippen LogP contribution in [0.1, 0.15) is 36.9 Å². The minimum atomic E-state index is -0.729. The number of carboxylic acid groups (broad SMARTS) is 1. The maximum absolute atomic E-state index is 13.8. The molecule has 138 valence electrons. The van der Waals surface area contributed by atoms with Crippen LogP contribution >= 0.6 is 0 Å². The van der Waals surface area contributed by atoms with Crippen molar-refractivity contribution in [2.75, 3.05) is 19.7 Å². The van der Waals surface area contributed by atoms with Crippen LogP contribution in [0.15, 0.2) is 48.5 Å². The van der Waals surface area contributed by atoms with Crippen molar-refractivity contribution in [1.82, 2.24) is 4.90 Å². The van der Waals surface area contributed by atoms with Crippen molar-refractivity contribution in [2.24, 2.45) is 5.92 Å². The Morgan fingerprint density at radius 1 is 1.19 bits per heavy atom. The first-order chi connectivity index (χ1) is 12.6. The first-order valence-corrected chi connectivity index (χ1v) is 9.03. The zero-order valence-electron chi connectivity index (χ0n) is 14.9. The molecule has 1 aliphatic heterocycles. The highest BCUT2D eigenvalue weighted by Gasteiger charge is 2.30. The summed E-state index contributed by atoms with van der Waals surface area (Å²) in [5, 5.41) is 9.23. The molecule has 1 unspecified atom stereocenters. The highest BCUT2D eigenvalue weighted by molar-refractivity contribution is 5.70. The fourth-order valence-corrected chi connectivity index (χ4v) is 3.61. The summed E-state index contributed by atoms with van der Waals surface area (Å²) >= 11 is 0. The average molecular weight is 357 g/mol. The predicted molar refractivity (Wildman–Crippen MR) is 97.8 cm³/mol. The number of hydrogen-bond donors (Lipinski definition) is 1. The smallest absolute Gasteiger partial charge is 0.306 e. The van der Waals surface area contributed by atoms with E-state index in [0.717, 1.165) is 16.9 Å². The van der Waals surface area contributed by atoms with Gasteiger partial charge in [0.15, 0.2) is 0 Å². The average Bonchev–Trinajstić information content (AvgIpc) is 2.64. The standard InChI is InChI=1S/C21H24FNO3/c1-2-26-19-8-6-15(7-9-19)20(17-4-3-5-18(22)14-17)23-12-10-16(11-13-23)21(24)25/h3-9,14,16,20H,2,10-13H2,1H3,(H,24,25). The van der Waals surface area contributed by atoms with Crippen molar-refractivity contribution in [3.63, 3.8) is 0 Å². The van der Waals surface area contributed by atoms with Gasteiger partial charge in [-0.2, -0.15) is 0 Å². The summed E-state index contributed by atoms with van der Waals surface area (Å²) in [6.45, 7) is 3.89. The third kappa shape index (κ3) is 4.22. The van der Waals surface area contributed by atoms with E-state index < -0.39 is 5.97 Å². The van der Waals surface area contributed by atoms with Crippen LogP contribution in [0.25, 0.3) is 0 Å². The van der Waals surface area contributed by atoms with E-state index in [4.69, 9.17) is 4.74 Å². The fraction of sp³-hybridized carbons (Fsp3) is 0.381. The van der Waals surface area contributed by atoms with Crippen LogP contribution < -0.4 is 4.74 Å². The van der Waals surface area contributed by atoms with E-state index in [1.165, 1.54) is 6.07 Å². The zero-order valence-corrected chi connectivity index (χ0v) is 14.9. The van der Waals surface area contributed by atoms with Crippen molar-refractivity contribution in [3.05, 3.63) is 65.5 Å². The SMILES string of the molecule is CCOc1ccc(C(c2cccc(F)c2)N2CCC(C(=O)O)CC2)cc1. The van der Waals surface area contributed by atoms with Gasteiger partial charge in [-0.1, -0.05) is 24.3 Å². The number of halogens is 1. The van der Waals surface area contributed by atoms with Crippen LogP contribution in [0.3, 0.4) is 0 Å². The third-order valence-electron chi connectivity index (χ3n) is 4.92. The normalized spacial score (nSPS) is 17.0. The molecule has 1 N–H and O–H groups in total. The zero-order chi connectivity index (χ0) is 18.5. The van der Waals surface area contributed by atoms with Gasteiger partial charge in [0.25, 0.3) is 0 Å². The molecule has 1 fully saturated rings. The van der Waals surface area contributed by atoms with Crippen LogP contribution in [0.4, 0.5) is 4.39 Å². The molecule has 1 heterocycles. The summed E-state index contributed by atoms with van der Waals surface area (Å²) in [7, 11) is 0. The van der Waals surface area contributed by atoms with Gasteiger partial charge in [0.05, 0.1) is 18.6 Å². The van der Waals surface area contributed by atoms with Crippen LogP contribution in [-0.2, 0) is 4.79 Å². The molecule has 0 aromatic heterocycles. The van der Waals surface area contributed by atoms with E-state index in [-0.39, 0.29) is 17.8 Å². The molecule has 2 aromatic carbocycles. The lowest BCUT2D eigenvalue weighted by Gasteiger charge is -2.37. The minimum absolute atomic E-state index is 0.101. The monoisotopic (exact) mass is 357 g/mol. The number of rotatable bonds is 6. The van der Waals surface area contributed by atoms with Crippen molar-refractivity contribution in [1.29, 1.82) is 0 Å². The van der Waals surface area contributed by atoms with Crippen molar-refractivity contribution >= 4 is 5.97 Å². The second kappa shape index (κ2) is 8.32. The molecule has 0 aliphatic carbocycles. The van der Waals surface area contributed by atoms with Crippen LogP contribution in [-0.4, -0.2) is 35.7 Å². The Labute approximate surface area is 153 Å². The molecule has 5 heteroatoms. The number of piperidine rings is 1. The van der Waals surface area contributed by atoms with Crippen LogP contribution in [0.5, 0.6) is 5.75 Å². The van der Waals surface area contributed by atoms with Gasteiger partial charge >= 0.3 is 5.97 Å². The molecule has 0 saturated carbocycles. The molecule has 1 aliphatic rings. The maximum Gasteiger partial charge on any atom is 0.306 e. The number of hydrogen-bond acceptors (Lipinski definition) is 3. The number of benzene rings is 2. The molecule has 0 bridgehead atoms. The second-order valence-electron chi connectivity index (χ2n) is 6.61. The Bertz CT molecular complexity index is 739. The number of nitrogens with zero attached hydrogens (tertiary/aromatic N) is 1. The molecule has 2 aromatic rings. The van der Waals surface area contributed by atoms with E-state index in [1.54, 1.807) is 12.1 Å². The van der Waals surface area contributed by atoms with E-state index in [1.807, 2.05) is 37.3 Å². The predicted octanol–water partition coefficient (Wildman–Crippen LogP) is 4.11.